The van der Waals surface area contributed by atoms with Gasteiger partial charge in [-0.1, -0.05) is 18.2 Å². The lowest BCUT2D eigenvalue weighted by molar-refractivity contribution is 0.163. The molecular weight excluding hydrogens is 224 g/mol. The van der Waals surface area contributed by atoms with E-state index in [9.17, 15) is 5.11 Å². The van der Waals surface area contributed by atoms with E-state index in [-0.39, 0.29) is 6.10 Å². The Kier molecular flexibility index (Phi) is 4.15. The number of benzene rings is 1. The Balaban J connectivity index is 1.93. The maximum Gasteiger partial charge on any atom is 0.105 e. The normalized spacial score (nSPS) is 12.6. The van der Waals surface area contributed by atoms with Crippen LogP contribution in [-0.2, 0) is 6.42 Å². The molecule has 1 aromatic carbocycles. The third-order valence-electron chi connectivity index (χ3n) is 3.32. The summed E-state index contributed by atoms with van der Waals surface area (Å²) in [6.45, 7) is 4.11. The molecule has 0 aliphatic rings. The summed E-state index contributed by atoms with van der Waals surface area (Å²) in [5.41, 5.74) is 3.41. The van der Waals surface area contributed by atoms with Crippen LogP contribution in [0.15, 0.2) is 30.6 Å². The van der Waals surface area contributed by atoms with Crippen molar-refractivity contribution in [1.29, 1.82) is 0 Å². The van der Waals surface area contributed by atoms with Crippen LogP contribution in [0.1, 0.15) is 41.5 Å². The fraction of sp³-hybridized carbons (Fsp3) is 0.400. The van der Waals surface area contributed by atoms with Crippen molar-refractivity contribution < 1.29 is 5.11 Å². The van der Waals surface area contributed by atoms with Crippen molar-refractivity contribution in [2.75, 3.05) is 0 Å². The molecular formula is C15H20N2O. The maximum atomic E-state index is 10.3. The minimum atomic E-state index is -0.374. The zero-order valence-corrected chi connectivity index (χ0v) is 11.0. The summed E-state index contributed by atoms with van der Waals surface area (Å²) in [6.07, 6.45) is 5.80. The average Bonchev–Trinajstić information content (AvgIpc) is 2.82. The smallest absolute Gasteiger partial charge is 0.105 e. The number of nitrogens with zero attached hydrogens (tertiary/aromatic N) is 1. The largest absolute Gasteiger partial charge is 0.388 e. The minimum absolute atomic E-state index is 0.374. The van der Waals surface area contributed by atoms with Gasteiger partial charge in [-0.15, -0.1) is 0 Å². The molecule has 0 fully saturated rings. The van der Waals surface area contributed by atoms with Crippen LogP contribution in [-0.4, -0.2) is 15.1 Å². The molecule has 1 aromatic heterocycles. The molecule has 2 rings (SSSR count). The average molecular weight is 244 g/mol. The summed E-state index contributed by atoms with van der Waals surface area (Å²) in [4.78, 5) is 7.26. The summed E-state index contributed by atoms with van der Waals surface area (Å²) in [5.74, 6) is 0.990. The number of hydrogen-bond acceptors (Lipinski definition) is 2. The second-order valence-electron chi connectivity index (χ2n) is 4.75. The van der Waals surface area contributed by atoms with Crippen molar-refractivity contribution in [3.8, 4) is 0 Å². The van der Waals surface area contributed by atoms with E-state index in [1.165, 1.54) is 11.1 Å². The highest BCUT2D eigenvalue weighted by Gasteiger charge is 2.12. The third kappa shape index (κ3) is 2.99. The third-order valence-corrected chi connectivity index (χ3v) is 3.32. The zero-order valence-electron chi connectivity index (χ0n) is 11.0. The van der Waals surface area contributed by atoms with Gasteiger partial charge in [0.05, 0.1) is 6.10 Å². The first-order chi connectivity index (χ1) is 8.68. The summed E-state index contributed by atoms with van der Waals surface area (Å²) in [7, 11) is 0. The van der Waals surface area contributed by atoms with Crippen molar-refractivity contribution in [1.82, 2.24) is 9.97 Å². The number of aromatic amines is 1. The van der Waals surface area contributed by atoms with E-state index < -0.39 is 0 Å². The highest BCUT2D eigenvalue weighted by molar-refractivity contribution is 5.35. The number of aromatic nitrogens is 2. The van der Waals surface area contributed by atoms with Gasteiger partial charge in [0.25, 0.3) is 0 Å². The molecule has 0 saturated carbocycles. The molecule has 0 amide bonds. The Morgan fingerprint density at radius 3 is 2.61 bits per heavy atom. The van der Waals surface area contributed by atoms with Crippen LogP contribution < -0.4 is 0 Å². The standard InChI is InChI=1S/C15H20N2O/c1-11-5-3-6-12(2)15(11)13(18)7-4-8-14-16-9-10-17-14/h3,5-6,9-10,13,18H,4,7-8H2,1-2H3,(H,16,17). The number of aliphatic hydroxyl groups is 1. The van der Waals surface area contributed by atoms with Gasteiger partial charge in [0.15, 0.2) is 0 Å². The van der Waals surface area contributed by atoms with E-state index >= 15 is 0 Å². The van der Waals surface area contributed by atoms with Gasteiger partial charge in [-0.2, -0.15) is 0 Å². The summed E-state index contributed by atoms with van der Waals surface area (Å²) < 4.78 is 0. The molecule has 1 atom stereocenters. The molecule has 2 N–H and O–H groups in total. The van der Waals surface area contributed by atoms with Crippen LogP contribution in [0, 0.1) is 13.8 Å². The Hall–Kier alpha value is -1.61. The Morgan fingerprint density at radius 1 is 1.28 bits per heavy atom. The lowest BCUT2D eigenvalue weighted by atomic mass is 9.95. The Morgan fingerprint density at radius 2 is 2.00 bits per heavy atom. The highest BCUT2D eigenvalue weighted by atomic mass is 16.3. The first-order valence-corrected chi connectivity index (χ1v) is 6.41. The predicted molar refractivity (Wildman–Crippen MR) is 72.4 cm³/mol. The van der Waals surface area contributed by atoms with Crippen molar-refractivity contribution in [3.63, 3.8) is 0 Å². The number of rotatable bonds is 5. The van der Waals surface area contributed by atoms with Gasteiger partial charge in [0, 0.05) is 18.8 Å². The van der Waals surface area contributed by atoms with Gasteiger partial charge in [0.1, 0.15) is 5.82 Å². The lowest BCUT2D eigenvalue weighted by Crippen LogP contribution is -2.03. The number of H-pyrrole nitrogens is 1. The Labute approximate surface area is 108 Å². The lowest BCUT2D eigenvalue weighted by Gasteiger charge is -2.16. The zero-order chi connectivity index (χ0) is 13.0. The monoisotopic (exact) mass is 244 g/mol. The van der Waals surface area contributed by atoms with Crippen LogP contribution in [0.2, 0.25) is 0 Å². The quantitative estimate of drug-likeness (QED) is 0.849. The van der Waals surface area contributed by atoms with Crippen LogP contribution in [0.3, 0.4) is 0 Å². The van der Waals surface area contributed by atoms with Gasteiger partial charge >= 0.3 is 0 Å². The summed E-state index contributed by atoms with van der Waals surface area (Å²) in [6, 6.07) is 6.14. The second kappa shape index (κ2) is 5.83. The van der Waals surface area contributed by atoms with Gasteiger partial charge in [0.2, 0.25) is 0 Å². The molecule has 0 spiro atoms. The van der Waals surface area contributed by atoms with E-state index in [0.717, 1.165) is 30.7 Å². The molecule has 0 aliphatic carbocycles. The maximum absolute atomic E-state index is 10.3. The fourth-order valence-electron chi connectivity index (χ4n) is 2.39. The topological polar surface area (TPSA) is 48.9 Å². The summed E-state index contributed by atoms with van der Waals surface area (Å²) in [5, 5.41) is 10.3. The van der Waals surface area contributed by atoms with Crippen molar-refractivity contribution in [2.24, 2.45) is 0 Å². The number of aliphatic hydroxyl groups excluding tert-OH is 1. The van der Waals surface area contributed by atoms with E-state index in [2.05, 4.69) is 35.9 Å². The second-order valence-corrected chi connectivity index (χ2v) is 4.75. The number of imidazole rings is 1. The van der Waals surface area contributed by atoms with Gasteiger partial charge in [-0.3, -0.25) is 0 Å². The molecule has 0 aliphatic heterocycles. The van der Waals surface area contributed by atoms with Crippen molar-refractivity contribution in [2.45, 2.75) is 39.2 Å². The van der Waals surface area contributed by atoms with Crippen LogP contribution in [0.5, 0.6) is 0 Å². The molecule has 3 nitrogen and oxygen atoms in total. The number of aryl methyl sites for hydroxylation is 3. The molecule has 0 saturated heterocycles. The van der Waals surface area contributed by atoms with Crippen molar-refractivity contribution >= 4 is 0 Å². The van der Waals surface area contributed by atoms with E-state index in [1.54, 1.807) is 6.20 Å². The van der Waals surface area contributed by atoms with E-state index in [1.807, 2.05) is 12.3 Å². The molecule has 18 heavy (non-hydrogen) atoms. The van der Waals surface area contributed by atoms with E-state index in [4.69, 9.17) is 0 Å². The fourth-order valence-corrected chi connectivity index (χ4v) is 2.39. The number of nitrogens with one attached hydrogen (secondary N) is 1. The summed E-state index contributed by atoms with van der Waals surface area (Å²) >= 11 is 0. The van der Waals surface area contributed by atoms with Crippen LogP contribution >= 0.6 is 0 Å². The SMILES string of the molecule is Cc1cccc(C)c1C(O)CCCc1ncc[nH]1. The molecule has 1 unspecified atom stereocenters. The van der Waals surface area contributed by atoms with Crippen LogP contribution in [0.25, 0.3) is 0 Å². The first kappa shape index (κ1) is 12.8. The molecule has 0 radical (unpaired) electrons. The number of hydrogen-bond donors (Lipinski definition) is 2. The molecule has 1 heterocycles. The Bertz CT molecular complexity index is 471. The van der Waals surface area contributed by atoms with Crippen molar-refractivity contribution in [3.05, 3.63) is 53.1 Å². The predicted octanol–water partition coefficient (Wildman–Crippen LogP) is 3.08. The van der Waals surface area contributed by atoms with Gasteiger partial charge in [-0.05, 0) is 43.4 Å². The highest BCUT2D eigenvalue weighted by Crippen LogP contribution is 2.25. The molecule has 3 heteroatoms. The van der Waals surface area contributed by atoms with Gasteiger partial charge in [-0.25, -0.2) is 4.98 Å². The molecule has 96 valence electrons. The van der Waals surface area contributed by atoms with Crippen LogP contribution in [0.4, 0.5) is 0 Å². The first-order valence-electron chi connectivity index (χ1n) is 6.41. The van der Waals surface area contributed by atoms with E-state index in [0.29, 0.717) is 0 Å². The minimum Gasteiger partial charge on any atom is -0.388 e. The molecule has 2 aromatic rings. The molecule has 0 bridgehead atoms. The van der Waals surface area contributed by atoms with Gasteiger partial charge < -0.3 is 10.1 Å².